The summed E-state index contributed by atoms with van der Waals surface area (Å²) >= 11 is 0. The molecule has 0 aromatic heterocycles. The molecule has 0 radical (unpaired) electrons. The lowest BCUT2D eigenvalue weighted by Crippen LogP contribution is -2.30. The first-order valence-electron chi connectivity index (χ1n) is 23.8. The summed E-state index contributed by atoms with van der Waals surface area (Å²) < 4.78 is 17.2. The fraction of sp³-hybridized carbons (Fsp3) is 0.765. The first-order chi connectivity index (χ1) is 27.6. The van der Waals surface area contributed by atoms with E-state index in [-0.39, 0.29) is 25.2 Å². The number of carbonyl (C=O) groups excluding carboxylic acids is 2. The number of hydrogen-bond acceptors (Lipinski definition) is 5. The van der Waals surface area contributed by atoms with Crippen molar-refractivity contribution in [2.45, 2.75) is 232 Å². The molecule has 0 saturated carbocycles. The van der Waals surface area contributed by atoms with Gasteiger partial charge in [0.15, 0.2) is 6.10 Å². The van der Waals surface area contributed by atoms with E-state index in [4.69, 9.17) is 14.2 Å². The van der Waals surface area contributed by atoms with E-state index in [1.54, 1.807) is 0 Å². The smallest absolute Gasteiger partial charge is 0.306 e. The Kier molecular flexibility index (Phi) is 45.0. The summed E-state index contributed by atoms with van der Waals surface area (Å²) in [6.45, 7) is 7.65. The Hall–Kier alpha value is -2.40. The minimum atomic E-state index is -0.553. The first-order valence-corrected chi connectivity index (χ1v) is 23.8. The van der Waals surface area contributed by atoms with Crippen molar-refractivity contribution in [3.05, 3.63) is 60.8 Å². The molecular weight excluding hydrogens is 693 g/mol. The molecule has 5 heteroatoms. The van der Waals surface area contributed by atoms with Crippen molar-refractivity contribution in [2.75, 3.05) is 19.8 Å². The molecule has 0 aromatic carbocycles. The van der Waals surface area contributed by atoms with E-state index in [0.717, 1.165) is 70.6 Å². The minimum absolute atomic E-state index is 0.0581. The van der Waals surface area contributed by atoms with E-state index in [2.05, 4.69) is 81.5 Å². The van der Waals surface area contributed by atoms with E-state index >= 15 is 0 Å². The van der Waals surface area contributed by atoms with Crippen LogP contribution in [0.25, 0.3) is 0 Å². The molecule has 0 saturated heterocycles. The Morgan fingerprint density at radius 2 is 0.804 bits per heavy atom. The number of ether oxygens (including phenoxy) is 3. The zero-order valence-corrected chi connectivity index (χ0v) is 37.1. The van der Waals surface area contributed by atoms with Crippen LogP contribution in [0.5, 0.6) is 0 Å². The van der Waals surface area contributed by atoms with Crippen LogP contribution >= 0.6 is 0 Å². The topological polar surface area (TPSA) is 61.8 Å². The van der Waals surface area contributed by atoms with Crippen molar-refractivity contribution in [2.24, 2.45) is 0 Å². The first kappa shape index (κ1) is 53.6. The van der Waals surface area contributed by atoms with Gasteiger partial charge in [-0.15, -0.1) is 0 Å². The van der Waals surface area contributed by atoms with Gasteiger partial charge in [-0.3, -0.25) is 9.59 Å². The fourth-order valence-electron chi connectivity index (χ4n) is 6.55. The van der Waals surface area contributed by atoms with Crippen LogP contribution in [-0.2, 0) is 23.8 Å². The summed E-state index contributed by atoms with van der Waals surface area (Å²) in [5.41, 5.74) is 0. The molecule has 0 aliphatic carbocycles. The number of esters is 2. The van der Waals surface area contributed by atoms with E-state index in [9.17, 15) is 9.59 Å². The third-order valence-corrected chi connectivity index (χ3v) is 10.1. The summed E-state index contributed by atoms with van der Waals surface area (Å²) in [6, 6.07) is 0. The molecular formula is C51H90O5. The fourth-order valence-corrected chi connectivity index (χ4v) is 6.55. The van der Waals surface area contributed by atoms with E-state index in [1.165, 1.54) is 122 Å². The van der Waals surface area contributed by atoms with Gasteiger partial charge >= 0.3 is 11.9 Å². The van der Waals surface area contributed by atoms with Crippen LogP contribution in [0.3, 0.4) is 0 Å². The summed E-state index contributed by atoms with van der Waals surface area (Å²) in [4.78, 5) is 25.2. The Morgan fingerprint density at radius 3 is 1.27 bits per heavy atom. The Balaban J connectivity index is 4.26. The lowest BCUT2D eigenvalue weighted by atomic mass is 10.0. The van der Waals surface area contributed by atoms with Gasteiger partial charge in [0, 0.05) is 19.4 Å². The highest BCUT2D eigenvalue weighted by Crippen LogP contribution is 2.15. The molecule has 0 aliphatic rings. The van der Waals surface area contributed by atoms with Crippen LogP contribution in [-0.4, -0.2) is 37.9 Å². The summed E-state index contributed by atoms with van der Waals surface area (Å²) in [7, 11) is 0. The predicted molar refractivity (Wildman–Crippen MR) is 242 cm³/mol. The van der Waals surface area contributed by atoms with Gasteiger partial charge in [-0.05, 0) is 57.8 Å². The monoisotopic (exact) mass is 783 g/mol. The van der Waals surface area contributed by atoms with Gasteiger partial charge in [-0.1, -0.05) is 216 Å². The molecule has 0 N–H and O–H groups in total. The average Bonchev–Trinajstić information content (AvgIpc) is 3.20. The maximum atomic E-state index is 12.7. The molecule has 0 heterocycles. The van der Waals surface area contributed by atoms with Gasteiger partial charge in [0.05, 0.1) is 6.61 Å². The highest BCUT2D eigenvalue weighted by atomic mass is 16.6. The normalized spacial score (nSPS) is 12.7. The molecule has 0 spiro atoms. The van der Waals surface area contributed by atoms with Crippen LogP contribution in [0.15, 0.2) is 60.8 Å². The van der Waals surface area contributed by atoms with Crippen molar-refractivity contribution in [1.82, 2.24) is 0 Å². The van der Waals surface area contributed by atoms with Crippen LogP contribution < -0.4 is 0 Å². The minimum Gasteiger partial charge on any atom is -0.462 e. The zero-order valence-electron chi connectivity index (χ0n) is 37.1. The Labute approximate surface area is 347 Å². The van der Waals surface area contributed by atoms with Crippen molar-refractivity contribution in [3.63, 3.8) is 0 Å². The van der Waals surface area contributed by atoms with Crippen molar-refractivity contribution >= 4 is 11.9 Å². The molecule has 324 valence electrons. The molecule has 0 amide bonds. The van der Waals surface area contributed by atoms with Gasteiger partial charge < -0.3 is 14.2 Å². The molecule has 1 atom stereocenters. The zero-order chi connectivity index (χ0) is 40.7. The van der Waals surface area contributed by atoms with E-state index in [0.29, 0.717) is 19.4 Å². The van der Waals surface area contributed by atoms with Crippen LogP contribution in [0.4, 0.5) is 0 Å². The largest absolute Gasteiger partial charge is 0.462 e. The summed E-state index contributed by atoms with van der Waals surface area (Å²) in [6.07, 6.45) is 58.0. The maximum Gasteiger partial charge on any atom is 0.306 e. The highest BCUT2D eigenvalue weighted by molar-refractivity contribution is 5.70. The molecule has 0 aromatic rings. The number of rotatable bonds is 43. The predicted octanol–water partition coefficient (Wildman–Crippen LogP) is 15.8. The van der Waals surface area contributed by atoms with Crippen molar-refractivity contribution in [1.29, 1.82) is 0 Å². The molecule has 5 nitrogen and oxygen atoms in total. The second kappa shape index (κ2) is 47.0. The number of allylic oxidation sites excluding steroid dienone is 10. The second-order valence-corrected chi connectivity index (χ2v) is 15.6. The molecule has 0 bridgehead atoms. The van der Waals surface area contributed by atoms with Crippen LogP contribution in [0.2, 0.25) is 0 Å². The third-order valence-electron chi connectivity index (χ3n) is 10.1. The van der Waals surface area contributed by atoms with Crippen LogP contribution in [0.1, 0.15) is 226 Å². The summed E-state index contributed by atoms with van der Waals surface area (Å²) in [5.74, 6) is -0.460. The van der Waals surface area contributed by atoms with Gasteiger partial charge in [0.25, 0.3) is 0 Å². The third kappa shape index (κ3) is 44.3. The average molecular weight is 783 g/mol. The molecule has 0 aliphatic heterocycles. The van der Waals surface area contributed by atoms with Gasteiger partial charge in [-0.25, -0.2) is 0 Å². The van der Waals surface area contributed by atoms with E-state index < -0.39 is 6.10 Å². The maximum absolute atomic E-state index is 12.7. The highest BCUT2D eigenvalue weighted by Gasteiger charge is 2.17. The van der Waals surface area contributed by atoms with Gasteiger partial charge in [0.1, 0.15) is 6.61 Å². The number of carbonyl (C=O) groups is 2. The second-order valence-electron chi connectivity index (χ2n) is 15.6. The molecule has 0 rings (SSSR count). The van der Waals surface area contributed by atoms with Crippen molar-refractivity contribution < 1.29 is 23.8 Å². The molecule has 0 fully saturated rings. The van der Waals surface area contributed by atoms with Crippen LogP contribution in [0, 0.1) is 0 Å². The molecule has 56 heavy (non-hydrogen) atoms. The summed E-state index contributed by atoms with van der Waals surface area (Å²) in [5, 5.41) is 0. The lowest BCUT2D eigenvalue weighted by molar-refractivity contribution is -0.163. The lowest BCUT2D eigenvalue weighted by Gasteiger charge is -2.18. The number of hydrogen-bond donors (Lipinski definition) is 0. The van der Waals surface area contributed by atoms with Gasteiger partial charge in [0.2, 0.25) is 0 Å². The quantitative estimate of drug-likeness (QED) is 0.0350. The SMILES string of the molecule is CC/C=C\C/C=C\C/C=C\C/C=C\C/C=C\CCCC(=O)OCC(COCCCCCCCCCC)OC(=O)CCCCCCCCCCCCCCCCC. The van der Waals surface area contributed by atoms with Crippen molar-refractivity contribution in [3.8, 4) is 0 Å². The number of unbranched alkanes of at least 4 members (excludes halogenated alkanes) is 22. The van der Waals surface area contributed by atoms with Gasteiger partial charge in [-0.2, -0.15) is 0 Å². The Morgan fingerprint density at radius 1 is 0.411 bits per heavy atom. The standard InChI is InChI=1S/C51H90O5/c1-4-7-10-13-16-19-21-23-25-26-28-29-31-33-35-38-41-44-50(52)55-48-49(47-54-46-43-40-37-18-15-12-9-6-3)56-51(53)45-42-39-36-34-32-30-27-24-22-20-17-14-11-8-5-2/h7,10,16,19,23,25,28-29,33,35,49H,4-6,8-9,11-15,17-18,20-22,24,26-27,30-32,34,36-48H2,1-3H3/b10-7-,19-16-,25-23-,29-28-,35-33-. The Bertz CT molecular complexity index is 977. The van der Waals surface area contributed by atoms with E-state index in [1.807, 2.05) is 0 Å². The molecule has 1 unspecified atom stereocenters.